The Kier molecular flexibility index (Phi) is 9.56. The molecule has 0 aliphatic heterocycles. The number of hydrogen-bond acceptors (Lipinski definition) is 3. The second-order valence-electron chi connectivity index (χ2n) is 15.5. The second-order valence-corrected chi connectivity index (χ2v) is 27.1. The van der Waals surface area contributed by atoms with Crippen molar-refractivity contribution in [2.24, 2.45) is 5.41 Å². The molecule has 1 fully saturated rings. The van der Waals surface area contributed by atoms with Crippen LogP contribution in [0.1, 0.15) is 80.9 Å². The molecule has 7 aromatic rings. The largest absolute Gasteiger partial charge is 0.305 e. The molecule has 0 amide bonds. The van der Waals surface area contributed by atoms with E-state index < -0.39 is 30.9 Å². The Bertz CT molecular complexity index is 2690. The Morgan fingerprint density at radius 1 is 0.849 bits per heavy atom. The summed E-state index contributed by atoms with van der Waals surface area (Å²) in [7, 11) is 0. The van der Waals surface area contributed by atoms with Crippen molar-refractivity contribution in [2.45, 2.75) is 82.4 Å². The van der Waals surface area contributed by atoms with Crippen molar-refractivity contribution in [1.29, 1.82) is 0 Å². The van der Waals surface area contributed by atoms with Crippen LogP contribution in [0.3, 0.4) is 0 Å². The van der Waals surface area contributed by atoms with E-state index >= 15 is 0 Å². The normalized spacial score (nSPS) is 16.7. The Morgan fingerprint density at radius 3 is 2.36 bits per heavy atom. The molecule has 0 unspecified atom stereocenters. The molecule has 0 spiro atoms. The topological polar surface area (TPSA) is 25.8 Å². The van der Waals surface area contributed by atoms with Gasteiger partial charge >= 0.3 is 135 Å². The fourth-order valence-electron chi connectivity index (χ4n) is 6.80. The van der Waals surface area contributed by atoms with Crippen molar-refractivity contribution < 1.29 is 31.1 Å². The standard InChI is InChI=1S/C29H24NS.C19H26GeN.Ir/c1-3-8-20(9-4-1)22-14-15-24-25-12-7-13-26(29(25)31-28(24)19-22)27-18-23(16-17-30-27)21-10-5-2-6-11-21;1-19(2,3)13-16-12-18(15-10-8-7-9-11-15)21-14-17(16)20(4,5)6;/h1,3-4,7-9,12,14-19,21H,2,5-6,10-11H2;7-10,12,14H,13H2,1-6H3;/q2*-1;/i1D,3D,4D,8D,9D,21D;13D2;. The number of nitrogens with zero attached hydrogens (tertiary/aromatic N) is 2. The summed E-state index contributed by atoms with van der Waals surface area (Å²) in [5, 5.41) is 2.10. The molecule has 4 aromatic carbocycles. The average molecular weight is 960 g/mol. The minimum absolute atomic E-state index is 0. The third-order valence-corrected chi connectivity index (χ3v) is 14.7. The monoisotopic (exact) mass is 961 g/mol. The Morgan fingerprint density at radius 2 is 1.64 bits per heavy atom. The van der Waals surface area contributed by atoms with Crippen molar-refractivity contribution in [3.63, 3.8) is 0 Å². The minimum atomic E-state index is -2.24. The van der Waals surface area contributed by atoms with E-state index in [4.69, 9.17) is 11.0 Å². The van der Waals surface area contributed by atoms with Gasteiger partial charge in [0.05, 0.1) is 6.85 Å². The van der Waals surface area contributed by atoms with Gasteiger partial charge in [-0.3, -0.25) is 0 Å². The molecule has 3 heterocycles. The Labute approximate surface area is 348 Å². The molecule has 2 nitrogen and oxygen atoms in total. The van der Waals surface area contributed by atoms with E-state index in [9.17, 15) is 0 Å². The zero-order valence-corrected chi connectivity index (χ0v) is 36.6. The summed E-state index contributed by atoms with van der Waals surface area (Å²) in [5.74, 6) is 6.29. The van der Waals surface area contributed by atoms with Gasteiger partial charge in [0.1, 0.15) is 0 Å². The zero-order valence-electron chi connectivity index (χ0n) is 39.3. The van der Waals surface area contributed by atoms with Crippen molar-refractivity contribution in [2.75, 3.05) is 0 Å². The third kappa shape index (κ3) is 9.46. The van der Waals surface area contributed by atoms with Gasteiger partial charge < -0.3 is 4.98 Å². The summed E-state index contributed by atoms with van der Waals surface area (Å²) in [6, 6.07) is 28.4. The molecular formula is C48H50GeIrN2S-2. The fourth-order valence-corrected chi connectivity index (χ4v) is 11.0. The van der Waals surface area contributed by atoms with E-state index in [1.807, 2.05) is 99.8 Å². The number of thiophene rings is 1. The van der Waals surface area contributed by atoms with Gasteiger partial charge in [0.25, 0.3) is 0 Å². The van der Waals surface area contributed by atoms with E-state index in [-0.39, 0.29) is 55.9 Å². The summed E-state index contributed by atoms with van der Waals surface area (Å²) < 4.78 is 70.4. The Hall–Kier alpha value is -3.41. The molecule has 1 saturated carbocycles. The van der Waals surface area contributed by atoms with Crippen LogP contribution in [-0.4, -0.2) is 23.2 Å². The van der Waals surface area contributed by atoms with Crippen LogP contribution in [0.15, 0.2) is 115 Å². The van der Waals surface area contributed by atoms with Gasteiger partial charge in [0.15, 0.2) is 0 Å². The number of pyridine rings is 2. The van der Waals surface area contributed by atoms with Crippen molar-refractivity contribution in [1.82, 2.24) is 9.97 Å². The molecule has 0 atom stereocenters. The van der Waals surface area contributed by atoms with Crippen molar-refractivity contribution in [3.05, 3.63) is 139 Å². The molecule has 0 N–H and O–H groups in total. The van der Waals surface area contributed by atoms with Gasteiger partial charge in [-0.1, -0.05) is 78.6 Å². The zero-order chi connectivity index (χ0) is 43.4. The summed E-state index contributed by atoms with van der Waals surface area (Å²) >= 11 is -0.656. The average Bonchev–Trinajstić information content (AvgIpc) is 3.60. The number of rotatable bonds is 6. The smallest absolute Gasteiger partial charge is 0.0629 e. The maximum atomic E-state index is 9.05. The predicted octanol–water partition coefficient (Wildman–Crippen LogP) is 13.3. The molecule has 0 bridgehead atoms. The maximum Gasteiger partial charge on any atom is 0.0629 e. The van der Waals surface area contributed by atoms with E-state index in [0.717, 1.165) is 83.9 Å². The SMILES string of the molecule is [2H]C([2H])(c1cc(-c2[c-]cccc2)nc[c]1[Ge]([CH3])([CH3])[CH3])C(C)(C)C.[2H]c1c([2H])c([2H])c(-c2ccc3c(c2)sc2c(-c4cc(C5([2H])CCCCC5)ccn4)[c-]ccc23)c([2H])c1[2H].[Ir]. The summed E-state index contributed by atoms with van der Waals surface area (Å²) in [4.78, 5) is 9.28. The van der Waals surface area contributed by atoms with Gasteiger partial charge in [-0.15, -0.1) is 23.8 Å². The van der Waals surface area contributed by atoms with Crippen molar-refractivity contribution >= 4 is 49.2 Å². The Balaban J connectivity index is 0.000000225. The number of aromatic nitrogens is 2. The summed E-state index contributed by atoms with van der Waals surface area (Å²) in [6.45, 7) is 5.88. The molecule has 1 radical (unpaired) electrons. The van der Waals surface area contributed by atoms with Crippen LogP contribution in [0.5, 0.6) is 0 Å². The first kappa shape index (κ1) is 29.9. The minimum Gasteiger partial charge on any atom is -0.305 e. The first-order valence-electron chi connectivity index (χ1n) is 22.1. The van der Waals surface area contributed by atoms with Crippen LogP contribution in [0.4, 0.5) is 0 Å². The molecule has 8 rings (SSSR count). The molecule has 5 heteroatoms. The maximum absolute atomic E-state index is 9.05. The number of fused-ring (bicyclic) bond motifs is 3. The summed E-state index contributed by atoms with van der Waals surface area (Å²) in [6.07, 6.45) is 7.39. The van der Waals surface area contributed by atoms with E-state index in [0.29, 0.717) is 5.56 Å². The van der Waals surface area contributed by atoms with Crippen LogP contribution in [-0.2, 0) is 26.5 Å². The molecule has 1 aliphatic rings. The molecule has 0 saturated heterocycles. The quantitative estimate of drug-likeness (QED) is 0.123. The van der Waals surface area contributed by atoms with Gasteiger partial charge in [-0.05, 0) is 57.8 Å². The van der Waals surface area contributed by atoms with Gasteiger partial charge in [0.2, 0.25) is 0 Å². The van der Waals surface area contributed by atoms with Crippen LogP contribution in [0.25, 0.3) is 53.8 Å². The van der Waals surface area contributed by atoms with E-state index in [1.165, 1.54) is 6.42 Å². The molecule has 53 heavy (non-hydrogen) atoms. The van der Waals surface area contributed by atoms with Crippen LogP contribution >= 0.6 is 11.3 Å². The predicted molar refractivity (Wildman–Crippen MR) is 227 cm³/mol. The van der Waals surface area contributed by atoms with E-state index in [2.05, 4.69) is 39.4 Å². The summed E-state index contributed by atoms with van der Waals surface area (Å²) in [5.41, 5.74) is 5.54. The van der Waals surface area contributed by atoms with Gasteiger partial charge in [-0.2, -0.15) is 11.3 Å². The van der Waals surface area contributed by atoms with E-state index in [1.54, 1.807) is 17.5 Å². The molecular weight excluding hydrogens is 901 g/mol. The number of hydrogen-bond donors (Lipinski definition) is 0. The molecule has 3 aromatic heterocycles. The first-order chi connectivity index (χ1) is 28.2. The van der Waals surface area contributed by atoms with Gasteiger partial charge in [0, 0.05) is 32.4 Å². The fraction of sp³-hybridized carbons (Fsp3) is 0.292. The molecule has 1 aliphatic carbocycles. The third-order valence-electron chi connectivity index (χ3n) is 9.31. The number of benzene rings is 4. The van der Waals surface area contributed by atoms with Crippen molar-refractivity contribution in [3.8, 4) is 33.6 Å². The van der Waals surface area contributed by atoms with Crippen LogP contribution < -0.4 is 4.40 Å². The first-order valence-corrected chi connectivity index (χ1v) is 26.3. The second kappa shape index (κ2) is 16.9. The van der Waals surface area contributed by atoms with Crippen LogP contribution in [0, 0.1) is 17.5 Å². The van der Waals surface area contributed by atoms with Gasteiger partial charge in [-0.25, -0.2) is 0 Å². The molecule has 273 valence electrons. The van der Waals surface area contributed by atoms with Crippen LogP contribution in [0.2, 0.25) is 17.3 Å².